The fourth-order valence-corrected chi connectivity index (χ4v) is 2.44. The van der Waals surface area contributed by atoms with E-state index in [0.717, 1.165) is 11.4 Å². The van der Waals surface area contributed by atoms with Crippen molar-refractivity contribution in [1.29, 1.82) is 0 Å². The van der Waals surface area contributed by atoms with Crippen LogP contribution in [-0.2, 0) is 0 Å². The van der Waals surface area contributed by atoms with Crippen molar-refractivity contribution in [3.05, 3.63) is 0 Å². The van der Waals surface area contributed by atoms with Crippen molar-refractivity contribution in [3.63, 3.8) is 0 Å². The van der Waals surface area contributed by atoms with Gasteiger partial charge in [0.05, 0.1) is 0 Å². The lowest BCUT2D eigenvalue weighted by molar-refractivity contribution is 0.188. The van der Waals surface area contributed by atoms with Gasteiger partial charge in [0.2, 0.25) is 0 Å². The molecule has 0 spiro atoms. The number of hydrogen-bond donors (Lipinski definition) is 0. The van der Waals surface area contributed by atoms with Crippen molar-refractivity contribution in [2.45, 2.75) is 39.2 Å². The Morgan fingerprint density at radius 1 is 1.00 bits per heavy atom. The van der Waals surface area contributed by atoms with E-state index in [1.165, 1.54) is 38.9 Å². The summed E-state index contributed by atoms with van der Waals surface area (Å²) in [6.07, 6.45) is 3.81. The van der Waals surface area contributed by atoms with Crippen LogP contribution in [0.5, 0.6) is 0 Å². The third kappa shape index (κ3) is 7.31. The molecule has 0 aliphatic carbocycles. The highest BCUT2D eigenvalue weighted by atomic mass is 79.9. The molecule has 0 aromatic rings. The molecule has 0 radical (unpaired) electrons. The van der Waals surface area contributed by atoms with Gasteiger partial charge in [-0.1, -0.05) is 29.8 Å². The van der Waals surface area contributed by atoms with E-state index in [4.69, 9.17) is 0 Å². The van der Waals surface area contributed by atoms with Crippen LogP contribution in [0.15, 0.2) is 0 Å². The predicted molar refractivity (Wildman–Crippen MR) is 72.9 cm³/mol. The predicted octanol–water partition coefficient (Wildman–Crippen LogP) is 2.82. The first-order valence-corrected chi connectivity index (χ1v) is 7.22. The number of alkyl halides is 1. The topological polar surface area (TPSA) is 6.48 Å². The molecule has 0 rings (SSSR count). The van der Waals surface area contributed by atoms with Gasteiger partial charge in [0.1, 0.15) is 0 Å². The van der Waals surface area contributed by atoms with Gasteiger partial charge in [-0.2, -0.15) is 0 Å². The summed E-state index contributed by atoms with van der Waals surface area (Å²) in [5.41, 5.74) is 0. The van der Waals surface area contributed by atoms with Crippen molar-refractivity contribution in [2.75, 3.05) is 39.1 Å². The van der Waals surface area contributed by atoms with Gasteiger partial charge in [-0.05, 0) is 46.4 Å². The fourth-order valence-electron chi connectivity index (χ4n) is 1.98. The third-order valence-corrected chi connectivity index (χ3v) is 3.24. The van der Waals surface area contributed by atoms with E-state index >= 15 is 0 Å². The highest BCUT2D eigenvalue weighted by molar-refractivity contribution is 9.09. The SMILES string of the molecule is CCC(CC)N(CCBr)CCCN(C)C. The zero-order valence-corrected chi connectivity index (χ0v) is 12.4. The molecule has 0 aromatic heterocycles. The van der Waals surface area contributed by atoms with Crippen molar-refractivity contribution in [3.8, 4) is 0 Å². The number of rotatable bonds is 9. The summed E-state index contributed by atoms with van der Waals surface area (Å²) in [5.74, 6) is 0. The van der Waals surface area contributed by atoms with Gasteiger partial charge in [0.25, 0.3) is 0 Å². The molecular weight excluding hydrogens is 252 g/mol. The van der Waals surface area contributed by atoms with Crippen LogP contribution in [0.2, 0.25) is 0 Å². The molecule has 0 saturated carbocycles. The zero-order chi connectivity index (χ0) is 11.7. The van der Waals surface area contributed by atoms with Crippen LogP contribution in [0.1, 0.15) is 33.1 Å². The Bertz CT molecular complexity index is 136. The maximum absolute atomic E-state index is 3.55. The first kappa shape index (κ1) is 15.4. The molecule has 0 atom stereocenters. The first-order valence-electron chi connectivity index (χ1n) is 6.10. The van der Waals surface area contributed by atoms with E-state index in [1.807, 2.05) is 0 Å². The zero-order valence-electron chi connectivity index (χ0n) is 10.8. The lowest BCUT2D eigenvalue weighted by Crippen LogP contribution is -2.37. The maximum atomic E-state index is 3.55. The lowest BCUT2D eigenvalue weighted by atomic mass is 10.1. The molecule has 0 fully saturated rings. The average Bonchev–Trinajstić information content (AvgIpc) is 2.19. The molecular formula is C12H27BrN2. The molecule has 0 aromatic carbocycles. The minimum atomic E-state index is 0.768. The van der Waals surface area contributed by atoms with E-state index in [0.29, 0.717) is 0 Å². The Hall–Kier alpha value is 0.400. The summed E-state index contributed by atoms with van der Waals surface area (Å²) in [4.78, 5) is 4.89. The summed E-state index contributed by atoms with van der Waals surface area (Å²) < 4.78 is 0. The summed E-state index contributed by atoms with van der Waals surface area (Å²) in [7, 11) is 4.29. The fraction of sp³-hybridized carbons (Fsp3) is 1.00. The second-order valence-electron chi connectivity index (χ2n) is 4.35. The minimum Gasteiger partial charge on any atom is -0.309 e. The van der Waals surface area contributed by atoms with Crippen molar-refractivity contribution >= 4 is 15.9 Å². The Kier molecular flexibility index (Phi) is 9.87. The van der Waals surface area contributed by atoms with Gasteiger partial charge in [-0.25, -0.2) is 0 Å². The maximum Gasteiger partial charge on any atom is 0.0159 e. The molecule has 3 heteroatoms. The Morgan fingerprint density at radius 3 is 2.00 bits per heavy atom. The van der Waals surface area contributed by atoms with Crippen LogP contribution < -0.4 is 0 Å². The van der Waals surface area contributed by atoms with Crippen LogP contribution in [-0.4, -0.2) is 54.9 Å². The largest absolute Gasteiger partial charge is 0.309 e. The van der Waals surface area contributed by atoms with Gasteiger partial charge in [0.15, 0.2) is 0 Å². The monoisotopic (exact) mass is 278 g/mol. The summed E-state index contributed by atoms with van der Waals surface area (Å²) in [6.45, 7) is 8.19. The van der Waals surface area contributed by atoms with E-state index in [2.05, 4.69) is 53.7 Å². The quantitative estimate of drug-likeness (QED) is 0.599. The number of hydrogen-bond acceptors (Lipinski definition) is 2. The van der Waals surface area contributed by atoms with Crippen LogP contribution in [0.25, 0.3) is 0 Å². The van der Waals surface area contributed by atoms with Crippen LogP contribution in [0, 0.1) is 0 Å². The second kappa shape index (κ2) is 9.61. The molecule has 0 aliphatic rings. The highest BCUT2D eigenvalue weighted by Crippen LogP contribution is 2.09. The molecule has 0 aliphatic heterocycles. The van der Waals surface area contributed by atoms with E-state index in [9.17, 15) is 0 Å². The van der Waals surface area contributed by atoms with Gasteiger partial charge >= 0.3 is 0 Å². The van der Waals surface area contributed by atoms with Crippen molar-refractivity contribution < 1.29 is 0 Å². The Balaban J connectivity index is 3.91. The van der Waals surface area contributed by atoms with Crippen LogP contribution in [0.4, 0.5) is 0 Å². The molecule has 92 valence electrons. The van der Waals surface area contributed by atoms with Gasteiger partial charge in [0, 0.05) is 17.9 Å². The summed E-state index contributed by atoms with van der Waals surface area (Å²) in [6, 6.07) is 0.768. The smallest absolute Gasteiger partial charge is 0.0159 e. The molecule has 0 bridgehead atoms. The molecule has 0 unspecified atom stereocenters. The van der Waals surface area contributed by atoms with E-state index < -0.39 is 0 Å². The van der Waals surface area contributed by atoms with Crippen molar-refractivity contribution in [1.82, 2.24) is 9.80 Å². The molecule has 15 heavy (non-hydrogen) atoms. The normalized spacial score (nSPS) is 12.0. The van der Waals surface area contributed by atoms with Gasteiger partial charge < -0.3 is 4.90 Å². The first-order chi connectivity index (χ1) is 7.15. The molecule has 2 nitrogen and oxygen atoms in total. The molecule has 0 amide bonds. The van der Waals surface area contributed by atoms with Crippen LogP contribution in [0.3, 0.4) is 0 Å². The Labute approximate surface area is 104 Å². The van der Waals surface area contributed by atoms with E-state index in [1.54, 1.807) is 0 Å². The summed E-state index contributed by atoms with van der Waals surface area (Å²) >= 11 is 3.55. The molecule has 0 N–H and O–H groups in total. The summed E-state index contributed by atoms with van der Waals surface area (Å²) in [5, 5.41) is 1.09. The average molecular weight is 279 g/mol. The molecule has 0 saturated heterocycles. The number of halogens is 1. The molecule has 0 heterocycles. The lowest BCUT2D eigenvalue weighted by Gasteiger charge is -2.30. The second-order valence-corrected chi connectivity index (χ2v) is 5.15. The van der Waals surface area contributed by atoms with E-state index in [-0.39, 0.29) is 0 Å². The van der Waals surface area contributed by atoms with Gasteiger partial charge in [-0.3, -0.25) is 4.90 Å². The third-order valence-electron chi connectivity index (χ3n) is 2.88. The number of nitrogens with zero attached hydrogens (tertiary/aromatic N) is 2. The Morgan fingerprint density at radius 2 is 1.60 bits per heavy atom. The highest BCUT2D eigenvalue weighted by Gasteiger charge is 2.13. The van der Waals surface area contributed by atoms with Crippen LogP contribution >= 0.6 is 15.9 Å². The standard InChI is InChI=1S/C12H27BrN2/c1-5-12(6-2)15(11-8-13)10-7-9-14(3)4/h12H,5-11H2,1-4H3. The minimum absolute atomic E-state index is 0.768. The van der Waals surface area contributed by atoms with Gasteiger partial charge in [-0.15, -0.1) is 0 Å². The van der Waals surface area contributed by atoms with Crippen molar-refractivity contribution in [2.24, 2.45) is 0 Å².